The number of anilines is 2. The number of carbonyl (C=O) groups excluding carboxylic acids is 1. The number of halogens is 1. The van der Waals surface area contributed by atoms with Crippen LogP contribution in [0.15, 0.2) is 121 Å². The van der Waals surface area contributed by atoms with Crippen LogP contribution in [0.5, 0.6) is 17.2 Å². The molecule has 3 N–H and O–H groups in total. The highest BCUT2D eigenvalue weighted by molar-refractivity contribution is 6.31. The minimum Gasteiger partial charge on any atom is -0.497 e. The van der Waals surface area contributed by atoms with Gasteiger partial charge in [0.1, 0.15) is 17.2 Å². The maximum absolute atomic E-state index is 13.5. The summed E-state index contributed by atoms with van der Waals surface area (Å²) in [7, 11) is 1.59. The first kappa shape index (κ1) is 29.2. The minimum absolute atomic E-state index is 0.280. The summed E-state index contributed by atoms with van der Waals surface area (Å²) in [6, 6.07) is 36.0. The lowest BCUT2D eigenvalue weighted by Crippen LogP contribution is -2.30. The Morgan fingerprint density at radius 1 is 0.814 bits per heavy atom. The van der Waals surface area contributed by atoms with Gasteiger partial charge in [0.05, 0.1) is 30.8 Å². The number of aliphatic carboxylic acids is 1. The van der Waals surface area contributed by atoms with Gasteiger partial charge in [-0.1, -0.05) is 72.3 Å². The molecule has 5 aromatic carbocycles. The summed E-state index contributed by atoms with van der Waals surface area (Å²) in [6.07, 6.45) is -0.305. The summed E-state index contributed by atoms with van der Waals surface area (Å²) in [5.74, 6) is 0.607. The highest BCUT2D eigenvalue weighted by Gasteiger charge is 2.22. The van der Waals surface area contributed by atoms with Crippen molar-refractivity contribution in [2.75, 3.05) is 12.4 Å². The molecule has 0 fully saturated rings. The van der Waals surface area contributed by atoms with E-state index in [1.54, 1.807) is 37.4 Å². The number of benzene rings is 5. The molecule has 5 rings (SSSR count). The van der Waals surface area contributed by atoms with Gasteiger partial charge in [-0.15, -0.1) is 0 Å². The van der Waals surface area contributed by atoms with Crippen LogP contribution in [0.2, 0.25) is 5.02 Å². The molecule has 7 nitrogen and oxygen atoms in total. The molecule has 0 aromatic heterocycles. The molecule has 0 spiro atoms. The van der Waals surface area contributed by atoms with E-state index in [2.05, 4.69) is 10.6 Å². The Labute approximate surface area is 254 Å². The molecule has 0 aliphatic heterocycles. The van der Waals surface area contributed by atoms with Gasteiger partial charge in [-0.2, -0.15) is 0 Å². The Morgan fingerprint density at radius 2 is 1.51 bits per heavy atom. The van der Waals surface area contributed by atoms with E-state index in [1.807, 2.05) is 91.0 Å². The van der Waals surface area contributed by atoms with Crippen LogP contribution in [-0.2, 0) is 4.79 Å². The van der Waals surface area contributed by atoms with Crippen molar-refractivity contribution in [3.63, 3.8) is 0 Å². The SMILES string of the molecule is COc1ccc(Nc2ccc(Cl)cc2C(=O)NC(CC(=O)O)c2ccc(-c3ccccc3Oc3ccccc3)cc2)cc1. The van der Waals surface area contributed by atoms with Crippen molar-refractivity contribution < 1.29 is 24.2 Å². The van der Waals surface area contributed by atoms with Gasteiger partial charge in [0.2, 0.25) is 0 Å². The van der Waals surface area contributed by atoms with Crippen LogP contribution in [0.4, 0.5) is 11.4 Å². The molecule has 5 aromatic rings. The molecule has 43 heavy (non-hydrogen) atoms. The number of para-hydroxylation sites is 2. The second kappa shape index (κ2) is 13.6. The van der Waals surface area contributed by atoms with Crippen LogP contribution in [-0.4, -0.2) is 24.1 Å². The molecule has 0 saturated heterocycles. The molecule has 1 amide bonds. The largest absolute Gasteiger partial charge is 0.497 e. The number of carboxylic acids is 1. The zero-order valence-electron chi connectivity index (χ0n) is 23.3. The Kier molecular flexibility index (Phi) is 9.24. The Balaban J connectivity index is 1.38. The predicted octanol–water partition coefficient (Wildman–Crippen LogP) is 8.50. The number of hydrogen-bond donors (Lipinski definition) is 3. The van der Waals surface area contributed by atoms with Gasteiger partial charge in [0.25, 0.3) is 5.91 Å². The standard InChI is InChI=1S/C35H29ClN2O5/c1-42-27-18-16-26(17-19-27)37-31-20-15-25(36)21-30(31)35(41)38-32(22-34(39)40)24-13-11-23(12-14-24)29-9-5-6-10-33(29)43-28-7-3-2-4-8-28/h2-21,32,37H,22H2,1H3,(H,38,41)(H,39,40). The fraction of sp³-hybridized carbons (Fsp3) is 0.0857. The fourth-order valence-electron chi connectivity index (χ4n) is 4.61. The predicted molar refractivity (Wildman–Crippen MR) is 169 cm³/mol. The monoisotopic (exact) mass is 592 g/mol. The molecular weight excluding hydrogens is 564 g/mol. The van der Waals surface area contributed by atoms with Gasteiger partial charge in [-0.3, -0.25) is 9.59 Å². The van der Waals surface area contributed by atoms with Gasteiger partial charge in [-0.05, 0) is 71.8 Å². The number of carboxylic acid groups (broad SMARTS) is 1. The van der Waals surface area contributed by atoms with E-state index in [0.717, 1.165) is 22.6 Å². The average Bonchev–Trinajstić information content (AvgIpc) is 3.02. The summed E-state index contributed by atoms with van der Waals surface area (Å²) >= 11 is 6.25. The molecule has 216 valence electrons. The van der Waals surface area contributed by atoms with E-state index >= 15 is 0 Å². The lowest BCUT2D eigenvalue weighted by molar-refractivity contribution is -0.137. The van der Waals surface area contributed by atoms with Crippen molar-refractivity contribution >= 4 is 34.9 Å². The molecule has 0 aliphatic carbocycles. The van der Waals surface area contributed by atoms with Crippen molar-refractivity contribution in [2.24, 2.45) is 0 Å². The third-order valence-electron chi connectivity index (χ3n) is 6.76. The lowest BCUT2D eigenvalue weighted by atomic mass is 9.98. The van der Waals surface area contributed by atoms with Crippen LogP contribution in [0.3, 0.4) is 0 Å². The van der Waals surface area contributed by atoms with E-state index in [4.69, 9.17) is 21.1 Å². The molecule has 0 heterocycles. The van der Waals surface area contributed by atoms with Crippen LogP contribution < -0.4 is 20.1 Å². The molecule has 1 unspecified atom stereocenters. The summed E-state index contributed by atoms with van der Waals surface area (Å²) in [5, 5.41) is 16.2. The smallest absolute Gasteiger partial charge is 0.305 e. The molecule has 0 saturated carbocycles. The summed E-state index contributed by atoms with van der Waals surface area (Å²) in [4.78, 5) is 25.4. The van der Waals surface area contributed by atoms with Crippen molar-refractivity contribution in [3.8, 4) is 28.4 Å². The second-order valence-corrected chi connectivity index (χ2v) is 10.1. The number of nitrogens with one attached hydrogen (secondary N) is 2. The zero-order valence-corrected chi connectivity index (χ0v) is 24.0. The van der Waals surface area contributed by atoms with E-state index in [0.29, 0.717) is 27.8 Å². The topological polar surface area (TPSA) is 96.9 Å². The number of methoxy groups -OCH3 is 1. The number of carbonyl (C=O) groups is 2. The van der Waals surface area contributed by atoms with Crippen molar-refractivity contribution in [3.05, 3.63) is 137 Å². The van der Waals surface area contributed by atoms with Gasteiger partial charge < -0.3 is 25.2 Å². The van der Waals surface area contributed by atoms with E-state index < -0.39 is 17.9 Å². The number of rotatable bonds is 11. The quantitative estimate of drug-likeness (QED) is 0.142. The normalized spacial score (nSPS) is 11.3. The van der Waals surface area contributed by atoms with Gasteiger partial charge in [0.15, 0.2) is 0 Å². The van der Waals surface area contributed by atoms with E-state index in [1.165, 1.54) is 0 Å². The van der Waals surface area contributed by atoms with Crippen molar-refractivity contribution in [2.45, 2.75) is 12.5 Å². The first-order chi connectivity index (χ1) is 20.9. The second-order valence-electron chi connectivity index (χ2n) is 9.70. The van der Waals surface area contributed by atoms with E-state index in [-0.39, 0.29) is 12.0 Å². The van der Waals surface area contributed by atoms with Crippen LogP contribution in [0.25, 0.3) is 11.1 Å². The van der Waals surface area contributed by atoms with Crippen molar-refractivity contribution in [1.82, 2.24) is 5.32 Å². The number of hydrogen-bond acceptors (Lipinski definition) is 5. The van der Waals surface area contributed by atoms with Crippen molar-refractivity contribution in [1.29, 1.82) is 0 Å². The molecule has 1 atom stereocenters. The van der Waals surface area contributed by atoms with Gasteiger partial charge in [0, 0.05) is 16.3 Å². The number of ether oxygens (including phenoxy) is 2. The van der Waals surface area contributed by atoms with Gasteiger partial charge in [-0.25, -0.2) is 0 Å². The van der Waals surface area contributed by atoms with Crippen LogP contribution >= 0.6 is 11.6 Å². The first-order valence-corrected chi connectivity index (χ1v) is 13.9. The van der Waals surface area contributed by atoms with Crippen LogP contribution in [0, 0.1) is 0 Å². The maximum Gasteiger partial charge on any atom is 0.305 e. The molecule has 0 bridgehead atoms. The minimum atomic E-state index is -1.04. The third kappa shape index (κ3) is 7.52. The fourth-order valence-corrected chi connectivity index (χ4v) is 4.78. The zero-order chi connectivity index (χ0) is 30.2. The third-order valence-corrected chi connectivity index (χ3v) is 7.00. The molecule has 0 radical (unpaired) electrons. The number of amides is 1. The van der Waals surface area contributed by atoms with E-state index in [9.17, 15) is 14.7 Å². The Bertz CT molecular complexity index is 1710. The summed E-state index contributed by atoms with van der Waals surface area (Å²) < 4.78 is 11.3. The molecular formula is C35H29ClN2O5. The lowest BCUT2D eigenvalue weighted by Gasteiger charge is -2.20. The Hall–Kier alpha value is -5.27. The first-order valence-electron chi connectivity index (χ1n) is 13.5. The van der Waals surface area contributed by atoms with Gasteiger partial charge >= 0.3 is 5.97 Å². The maximum atomic E-state index is 13.5. The Morgan fingerprint density at radius 3 is 2.21 bits per heavy atom. The average molecular weight is 593 g/mol. The molecule has 8 heteroatoms. The molecule has 0 aliphatic rings. The van der Waals surface area contributed by atoms with Crippen LogP contribution in [0.1, 0.15) is 28.4 Å². The highest BCUT2D eigenvalue weighted by Crippen LogP contribution is 2.34. The summed E-state index contributed by atoms with van der Waals surface area (Å²) in [5.41, 5.74) is 3.95. The summed E-state index contributed by atoms with van der Waals surface area (Å²) in [6.45, 7) is 0. The highest BCUT2D eigenvalue weighted by atomic mass is 35.5.